The minimum absolute atomic E-state index is 0.0107. The van der Waals surface area contributed by atoms with E-state index in [1.807, 2.05) is 6.92 Å². The molecule has 1 aromatic rings. The molecular weight excluding hydrogens is 223 g/mol. The number of carbonyl (C=O) groups excluding carboxylic acids is 1. The summed E-state index contributed by atoms with van der Waals surface area (Å²) in [6.45, 7) is 3.92. The van der Waals surface area contributed by atoms with E-state index in [9.17, 15) is 9.18 Å². The lowest BCUT2D eigenvalue weighted by molar-refractivity contribution is 0.0651. The number of hydrogen-bond donors (Lipinski definition) is 2. The molecule has 2 N–H and O–H groups in total. The average Bonchev–Trinajstić information content (AvgIpc) is 2.29. The van der Waals surface area contributed by atoms with Gasteiger partial charge < -0.3 is 15.3 Å². The van der Waals surface area contributed by atoms with Crippen LogP contribution in [0.15, 0.2) is 18.2 Å². The van der Waals surface area contributed by atoms with Crippen molar-refractivity contribution in [3.63, 3.8) is 0 Å². The van der Waals surface area contributed by atoms with Gasteiger partial charge in [-0.05, 0) is 19.1 Å². The van der Waals surface area contributed by atoms with E-state index < -0.39 is 5.82 Å². The number of nitrogens with zero attached hydrogens (tertiary/aromatic N) is 1. The molecule has 1 fully saturated rings. The molecule has 1 atom stereocenters. The number of benzene rings is 1. The van der Waals surface area contributed by atoms with Gasteiger partial charge in [-0.3, -0.25) is 4.79 Å². The standard InChI is InChI=1S/C12H15FN2O2/c1-8-7-14-4-5-15(8)12(17)10-3-2-9(16)6-11(10)13/h2-3,6,8,14,16H,4-5,7H2,1H3/t8-/m0/s1. The topological polar surface area (TPSA) is 52.6 Å². The van der Waals surface area contributed by atoms with Crippen molar-refractivity contribution in [1.29, 1.82) is 0 Å². The Hall–Kier alpha value is -1.62. The van der Waals surface area contributed by atoms with E-state index in [0.29, 0.717) is 13.1 Å². The highest BCUT2D eigenvalue weighted by atomic mass is 19.1. The monoisotopic (exact) mass is 238 g/mol. The van der Waals surface area contributed by atoms with Gasteiger partial charge in [0.1, 0.15) is 11.6 Å². The highest BCUT2D eigenvalue weighted by Gasteiger charge is 2.25. The first-order chi connectivity index (χ1) is 8.09. The highest BCUT2D eigenvalue weighted by molar-refractivity contribution is 5.95. The molecule has 5 heteroatoms. The second-order valence-corrected chi connectivity index (χ2v) is 4.22. The zero-order chi connectivity index (χ0) is 12.4. The third-order valence-corrected chi connectivity index (χ3v) is 2.95. The van der Waals surface area contributed by atoms with Gasteiger partial charge in [0, 0.05) is 31.7 Å². The minimum atomic E-state index is -0.680. The summed E-state index contributed by atoms with van der Waals surface area (Å²) >= 11 is 0. The molecule has 92 valence electrons. The highest BCUT2D eigenvalue weighted by Crippen LogP contribution is 2.18. The van der Waals surface area contributed by atoms with Crippen LogP contribution >= 0.6 is 0 Å². The van der Waals surface area contributed by atoms with Gasteiger partial charge in [-0.25, -0.2) is 4.39 Å². The number of rotatable bonds is 1. The van der Waals surface area contributed by atoms with Gasteiger partial charge >= 0.3 is 0 Å². The molecule has 2 rings (SSSR count). The molecule has 1 amide bonds. The fourth-order valence-electron chi connectivity index (χ4n) is 1.97. The first kappa shape index (κ1) is 11.9. The molecule has 4 nitrogen and oxygen atoms in total. The van der Waals surface area contributed by atoms with E-state index >= 15 is 0 Å². The molecule has 0 radical (unpaired) electrons. The zero-order valence-electron chi connectivity index (χ0n) is 9.61. The number of phenols is 1. The van der Waals surface area contributed by atoms with Crippen LogP contribution < -0.4 is 5.32 Å². The molecule has 0 bridgehead atoms. The number of carbonyl (C=O) groups is 1. The van der Waals surface area contributed by atoms with Crippen molar-refractivity contribution < 1.29 is 14.3 Å². The second kappa shape index (κ2) is 4.71. The van der Waals surface area contributed by atoms with Crippen LogP contribution in [-0.4, -0.2) is 41.6 Å². The van der Waals surface area contributed by atoms with Crippen molar-refractivity contribution in [3.05, 3.63) is 29.6 Å². The van der Waals surface area contributed by atoms with E-state index in [0.717, 1.165) is 12.6 Å². The number of aromatic hydroxyl groups is 1. The predicted molar refractivity (Wildman–Crippen MR) is 61.4 cm³/mol. The number of amides is 1. The number of piperazine rings is 1. The first-order valence-electron chi connectivity index (χ1n) is 5.60. The second-order valence-electron chi connectivity index (χ2n) is 4.22. The molecule has 0 unspecified atom stereocenters. The lowest BCUT2D eigenvalue weighted by atomic mass is 10.1. The molecule has 1 heterocycles. The van der Waals surface area contributed by atoms with E-state index in [4.69, 9.17) is 5.11 Å². The van der Waals surface area contributed by atoms with Gasteiger partial charge in [0.15, 0.2) is 0 Å². The van der Waals surface area contributed by atoms with E-state index in [1.54, 1.807) is 4.90 Å². The van der Waals surface area contributed by atoms with Gasteiger partial charge in [0.05, 0.1) is 5.56 Å². The maximum atomic E-state index is 13.6. The molecule has 0 spiro atoms. The minimum Gasteiger partial charge on any atom is -0.508 e. The maximum absolute atomic E-state index is 13.6. The van der Waals surface area contributed by atoms with E-state index in [1.165, 1.54) is 12.1 Å². The Morgan fingerprint density at radius 3 is 3.00 bits per heavy atom. The van der Waals surface area contributed by atoms with Crippen molar-refractivity contribution in [2.24, 2.45) is 0 Å². The van der Waals surface area contributed by atoms with Crippen LogP contribution in [0.2, 0.25) is 0 Å². The van der Waals surface area contributed by atoms with Crippen LogP contribution in [-0.2, 0) is 0 Å². The number of nitrogens with one attached hydrogen (secondary N) is 1. The lowest BCUT2D eigenvalue weighted by Gasteiger charge is -2.34. The molecule has 0 aromatic heterocycles. The fraction of sp³-hybridized carbons (Fsp3) is 0.417. The number of halogens is 1. The lowest BCUT2D eigenvalue weighted by Crippen LogP contribution is -2.52. The van der Waals surface area contributed by atoms with Crippen molar-refractivity contribution in [1.82, 2.24) is 10.2 Å². The van der Waals surface area contributed by atoms with Gasteiger partial charge in [0.2, 0.25) is 0 Å². The van der Waals surface area contributed by atoms with Gasteiger partial charge in [-0.1, -0.05) is 0 Å². The summed E-state index contributed by atoms with van der Waals surface area (Å²) in [6, 6.07) is 3.65. The summed E-state index contributed by atoms with van der Waals surface area (Å²) in [5, 5.41) is 12.3. The SMILES string of the molecule is C[C@H]1CNCCN1C(=O)c1ccc(O)cc1F. The summed E-state index contributed by atoms with van der Waals surface area (Å²) < 4.78 is 13.6. The smallest absolute Gasteiger partial charge is 0.257 e. The molecule has 0 saturated carbocycles. The fourth-order valence-corrected chi connectivity index (χ4v) is 1.97. The Morgan fingerprint density at radius 2 is 2.35 bits per heavy atom. The average molecular weight is 238 g/mol. The van der Waals surface area contributed by atoms with Crippen molar-refractivity contribution in [2.75, 3.05) is 19.6 Å². The Bertz CT molecular complexity index is 437. The largest absolute Gasteiger partial charge is 0.508 e. The normalized spacial score (nSPS) is 20.4. The van der Waals surface area contributed by atoms with Crippen LogP contribution in [0.1, 0.15) is 17.3 Å². The summed E-state index contributed by atoms with van der Waals surface area (Å²) in [7, 11) is 0. The zero-order valence-corrected chi connectivity index (χ0v) is 9.61. The number of hydrogen-bond acceptors (Lipinski definition) is 3. The molecular formula is C12H15FN2O2. The van der Waals surface area contributed by atoms with Gasteiger partial charge in [-0.15, -0.1) is 0 Å². The molecule has 17 heavy (non-hydrogen) atoms. The molecule has 1 aromatic carbocycles. The van der Waals surface area contributed by atoms with Crippen molar-refractivity contribution >= 4 is 5.91 Å². The van der Waals surface area contributed by atoms with Crippen molar-refractivity contribution in [2.45, 2.75) is 13.0 Å². The summed E-state index contributed by atoms with van der Waals surface area (Å²) in [6.07, 6.45) is 0. The Balaban J connectivity index is 2.24. The third kappa shape index (κ3) is 2.39. The van der Waals surface area contributed by atoms with E-state index in [2.05, 4.69) is 5.32 Å². The van der Waals surface area contributed by atoms with Crippen LogP contribution in [0, 0.1) is 5.82 Å². The quantitative estimate of drug-likeness (QED) is 0.766. The summed E-state index contributed by atoms with van der Waals surface area (Å²) in [5.74, 6) is -1.18. The third-order valence-electron chi connectivity index (χ3n) is 2.95. The predicted octanol–water partition coefficient (Wildman–Crippen LogP) is 0.965. The molecule has 1 saturated heterocycles. The van der Waals surface area contributed by atoms with Crippen LogP contribution in [0.5, 0.6) is 5.75 Å². The Labute approximate surface area is 99.0 Å². The van der Waals surface area contributed by atoms with Crippen molar-refractivity contribution in [3.8, 4) is 5.75 Å². The van der Waals surface area contributed by atoms with E-state index in [-0.39, 0.29) is 23.3 Å². The molecule has 0 aliphatic carbocycles. The number of phenolic OH excluding ortho intramolecular Hbond substituents is 1. The van der Waals surface area contributed by atoms with Gasteiger partial charge in [0.25, 0.3) is 5.91 Å². The molecule has 1 aliphatic heterocycles. The molecule has 1 aliphatic rings. The Morgan fingerprint density at radius 1 is 1.59 bits per heavy atom. The first-order valence-corrected chi connectivity index (χ1v) is 5.60. The van der Waals surface area contributed by atoms with Crippen LogP contribution in [0.3, 0.4) is 0 Å². The Kier molecular flexibility index (Phi) is 3.28. The van der Waals surface area contributed by atoms with Crippen LogP contribution in [0.4, 0.5) is 4.39 Å². The summed E-state index contributed by atoms with van der Waals surface area (Å²) in [4.78, 5) is 13.8. The van der Waals surface area contributed by atoms with Gasteiger partial charge in [-0.2, -0.15) is 0 Å². The maximum Gasteiger partial charge on any atom is 0.257 e. The summed E-state index contributed by atoms with van der Waals surface area (Å²) in [5.41, 5.74) is 0.0107. The van der Waals surface area contributed by atoms with Crippen LogP contribution in [0.25, 0.3) is 0 Å².